The molecular weight excluding hydrogens is 286 g/mol. The van der Waals surface area contributed by atoms with Gasteiger partial charge in [0.25, 0.3) is 0 Å². The van der Waals surface area contributed by atoms with Gasteiger partial charge < -0.3 is 9.84 Å². The van der Waals surface area contributed by atoms with E-state index in [-0.39, 0.29) is 6.42 Å². The van der Waals surface area contributed by atoms with Crippen molar-refractivity contribution in [2.45, 2.75) is 32.8 Å². The molecule has 1 aromatic carbocycles. The third-order valence-corrected chi connectivity index (χ3v) is 4.44. The third kappa shape index (κ3) is 4.12. The number of carbonyl (C=O) groups is 1. The Morgan fingerprint density at radius 1 is 1.33 bits per heavy atom. The summed E-state index contributed by atoms with van der Waals surface area (Å²) in [6, 6.07) is 8.33. The smallest absolute Gasteiger partial charge is 0.303 e. The largest absolute Gasteiger partial charge is 0.481 e. The van der Waals surface area contributed by atoms with E-state index in [1.165, 1.54) is 5.56 Å². The first-order valence-corrected chi connectivity index (χ1v) is 7.74. The van der Waals surface area contributed by atoms with Crippen molar-refractivity contribution in [3.05, 3.63) is 40.4 Å². The van der Waals surface area contributed by atoms with Gasteiger partial charge in [0.2, 0.25) is 0 Å². The average Bonchev–Trinajstić information content (AvgIpc) is 2.89. The highest BCUT2D eigenvalue weighted by Crippen LogP contribution is 2.29. The van der Waals surface area contributed by atoms with Crippen LogP contribution < -0.4 is 0 Å². The number of ether oxygens (including phenoxy) is 1. The number of rotatable bonds is 7. The number of hydrogen-bond donors (Lipinski definition) is 1. The fourth-order valence-electron chi connectivity index (χ4n) is 2.06. The number of nitrogens with zero attached hydrogens (tertiary/aromatic N) is 1. The Kier molecular flexibility index (Phi) is 5.47. The van der Waals surface area contributed by atoms with Crippen molar-refractivity contribution in [1.29, 1.82) is 0 Å². The molecule has 5 heteroatoms. The molecule has 0 atom stereocenters. The highest BCUT2D eigenvalue weighted by atomic mass is 32.1. The standard InChI is InChI=1S/C16H19NO3S/c1-3-11-4-6-12(7-5-11)16-17-13(10-20-2)14(21-16)8-9-15(18)19/h4-7H,3,8-10H2,1-2H3,(H,18,19). The number of benzene rings is 1. The molecule has 1 aromatic heterocycles. The summed E-state index contributed by atoms with van der Waals surface area (Å²) in [6.45, 7) is 2.54. The van der Waals surface area contributed by atoms with Gasteiger partial charge in [-0.2, -0.15) is 0 Å². The maximum absolute atomic E-state index is 10.7. The zero-order chi connectivity index (χ0) is 15.2. The van der Waals surface area contributed by atoms with Crippen LogP contribution in [-0.2, 0) is 29.0 Å². The molecule has 0 bridgehead atoms. The van der Waals surface area contributed by atoms with Crippen LogP contribution in [0.25, 0.3) is 10.6 Å². The van der Waals surface area contributed by atoms with E-state index in [1.807, 2.05) is 0 Å². The SMILES string of the molecule is CCc1ccc(-c2nc(COC)c(CCC(=O)O)s2)cc1. The van der Waals surface area contributed by atoms with Crippen molar-refractivity contribution in [3.63, 3.8) is 0 Å². The van der Waals surface area contributed by atoms with Gasteiger partial charge in [-0.1, -0.05) is 31.2 Å². The molecular formula is C16H19NO3S. The summed E-state index contributed by atoms with van der Waals surface area (Å²) in [4.78, 5) is 16.3. The first-order chi connectivity index (χ1) is 10.1. The van der Waals surface area contributed by atoms with Crippen molar-refractivity contribution in [2.24, 2.45) is 0 Å². The quantitative estimate of drug-likeness (QED) is 0.850. The summed E-state index contributed by atoms with van der Waals surface area (Å²) in [5, 5.41) is 9.75. The van der Waals surface area contributed by atoms with Gasteiger partial charge >= 0.3 is 5.97 Å². The van der Waals surface area contributed by atoms with Gasteiger partial charge in [0.15, 0.2) is 0 Å². The maximum atomic E-state index is 10.7. The predicted molar refractivity (Wildman–Crippen MR) is 83.6 cm³/mol. The Bertz CT molecular complexity index is 604. The van der Waals surface area contributed by atoms with E-state index in [0.717, 1.165) is 27.6 Å². The van der Waals surface area contributed by atoms with Crippen molar-refractivity contribution in [3.8, 4) is 10.6 Å². The van der Waals surface area contributed by atoms with Crippen LogP contribution in [0.15, 0.2) is 24.3 Å². The van der Waals surface area contributed by atoms with Crippen LogP contribution >= 0.6 is 11.3 Å². The minimum Gasteiger partial charge on any atom is -0.481 e. The fourth-order valence-corrected chi connectivity index (χ4v) is 3.12. The highest BCUT2D eigenvalue weighted by molar-refractivity contribution is 7.15. The van der Waals surface area contributed by atoms with Crippen LogP contribution in [0, 0.1) is 0 Å². The van der Waals surface area contributed by atoms with Gasteiger partial charge in [0.1, 0.15) is 5.01 Å². The number of aryl methyl sites for hydroxylation is 2. The number of carboxylic acid groups (broad SMARTS) is 1. The predicted octanol–water partition coefficient (Wildman–Crippen LogP) is 3.54. The van der Waals surface area contributed by atoms with Gasteiger partial charge in [-0.3, -0.25) is 4.79 Å². The second-order valence-corrected chi connectivity index (χ2v) is 5.85. The second-order valence-electron chi connectivity index (χ2n) is 4.77. The molecule has 0 amide bonds. The van der Waals surface area contributed by atoms with Crippen LogP contribution in [-0.4, -0.2) is 23.2 Å². The molecule has 0 saturated carbocycles. The molecule has 0 radical (unpaired) electrons. The van der Waals surface area contributed by atoms with Crippen LogP contribution in [0.5, 0.6) is 0 Å². The van der Waals surface area contributed by atoms with E-state index in [4.69, 9.17) is 9.84 Å². The lowest BCUT2D eigenvalue weighted by Gasteiger charge is -1.98. The molecule has 0 aliphatic rings. The van der Waals surface area contributed by atoms with Gasteiger partial charge in [-0.15, -0.1) is 11.3 Å². The molecule has 0 unspecified atom stereocenters. The van der Waals surface area contributed by atoms with Crippen LogP contribution in [0.2, 0.25) is 0 Å². The number of methoxy groups -OCH3 is 1. The molecule has 0 saturated heterocycles. The molecule has 0 fully saturated rings. The summed E-state index contributed by atoms with van der Waals surface area (Å²) in [6.07, 6.45) is 1.63. The molecule has 2 rings (SSSR count). The lowest BCUT2D eigenvalue weighted by Crippen LogP contribution is -1.99. The number of thiazole rings is 1. The first kappa shape index (κ1) is 15.7. The minimum absolute atomic E-state index is 0.118. The second kappa shape index (κ2) is 7.33. The van der Waals surface area contributed by atoms with E-state index in [1.54, 1.807) is 18.4 Å². The molecule has 1 N–H and O–H groups in total. The molecule has 0 spiro atoms. The van der Waals surface area contributed by atoms with E-state index in [9.17, 15) is 4.79 Å². The molecule has 2 aromatic rings. The van der Waals surface area contributed by atoms with Crippen molar-refractivity contribution < 1.29 is 14.6 Å². The van der Waals surface area contributed by atoms with Crippen LogP contribution in [0.3, 0.4) is 0 Å². The molecule has 0 aliphatic carbocycles. The van der Waals surface area contributed by atoms with E-state index in [2.05, 4.69) is 36.2 Å². The molecule has 4 nitrogen and oxygen atoms in total. The topological polar surface area (TPSA) is 59.4 Å². The Morgan fingerprint density at radius 3 is 2.62 bits per heavy atom. The Labute approximate surface area is 128 Å². The lowest BCUT2D eigenvalue weighted by atomic mass is 10.1. The summed E-state index contributed by atoms with van der Waals surface area (Å²) >= 11 is 1.55. The normalized spacial score (nSPS) is 10.8. The molecule has 1 heterocycles. The Morgan fingerprint density at radius 2 is 2.05 bits per heavy atom. The number of aliphatic carboxylic acids is 1. The summed E-state index contributed by atoms with van der Waals surface area (Å²) in [5.41, 5.74) is 3.20. The third-order valence-electron chi connectivity index (χ3n) is 3.23. The Balaban J connectivity index is 2.26. The van der Waals surface area contributed by atoms with E-state index < -0.39 is 5.97 Å². The lowest BCUT2D eigenvalue weighted by molar-refractivity contribution is -0.136. The van der Waals surface area contributed by atoms with Gasteiger partial charge in [-0.05, 0) is 18.4 Å². The highest BCUT2D eigenvalue weighted by Gasteiger charge is 2.13. The molecule has 112 valence electrons. The summed E-state index contributed by atoms with van der Waals surface area (Å²) < 4.78 is 5.16. The average molecular weight is 305 g/mol. The number of carboxylic acids is 1. The molecule has 0 aliphatic heterocycles. The maximum Gasteiger partial charge on any atom is 0.303 e. The van der Waals surface area contributed by atoms with E-state index in [0.29, 0.717) is 13.0 Å². The fraction of sp³-hybridized carbons (Fsp3) is 0.375. The molecule has 21 heavy (non-hydrogen) atoms. The van der Waals surface area contributed by atoms with Crippen molar-refractivity contribution in [1.82, 2.24) is 4.98 Å². The van der Waals surface area contributed by atoms with Gasteiger partial charge in [-0.25, -0.2) is 4.98 Å². The first-order valence-electron chi connectivity index (χ1n) is 6.92. The minimum atomic E-state index is -0.791. The van der Waals surface area contributed by atoms with Gasteiger partial charge in [0, 0.05) is 17.6 Å². The van der Waals surface area contributed by atoms with Crippen LogP contribution in [0.4, 0.5) is 0 Å². The van der Waals surface area contributed by atoms with Gasteiger partial charge in [0.05, 0.1) is 18.7 Å². The summed E-state index contributed by atoms with van der Waals surface area (Å²) in [5.74, 6) is -0.791. The Hall–Kier alpha value is -1.72. The zero-order valence-corrected chi connectivity index (χ0v) is 13.1. The number of hydrogen-bond acceptors (Lipinski definition) is 4. The summed E-state index contributed by atoms with van der Waals surface area (Å²) in [7, 11) is 1.62. The van der Waals surface area contributed by atoms with E-state index >= 15 is 0 Å². The van der Waals surface area contributed by atoms with Crippen LogP contribution in [0.1, 0.15) is 29.5 Å². The van der Waals surface area contributed by atoms with Crippen molar-refractivity contribution >= 4 is 17.3 Å². The monoisotopic (exact) mass is 305 g/mol. The number of aromatic nitrogens is 1. The zero-order valence-electron chi connectivity index (χ0n) is 12.3. The van der Waals surface area contributed by atoms with Crippen molar-refractivity contribution in [2.75, 3.05) is 7.11 Å².